The maximum absolute atomic E-state index is 12.6. The van der Waals surface area contributed by atoms with Crippen molar-refractivity contribution in [1.82, 2.24) is 0 Å². The summed E-state index contributed by atoms with van der Waals surface area (Å²) in [5, 5.41) is 8.86. The van der Waals surface area contributed by atoms with Gasteiger partial charge in [-0.25, -0.2) is 4.57 Å². The van der Waals surface area contributed by atoms with Crippen molar-refractivity contribution < 1.29 is 47.5 Å². The van der Waals surface area contributed by atoms with Crippen molar-refractivity contribution in [3.05, 3.63) is 24.3 Å². The minimum absolute atomic E-state index is 0.147. The van der Waals surface area contributed by atoms with Crippen LogP contribution in [0.25, 0.3) is 0 Å². The van der Waals surface area contributed by atoms with Gasteiger partial charge in [0.05, 0.1) is 13.2 Å². The third-order valence-corrected chi connectivity index (χ3v) is 9.40. The number of aliphatic carboxylic acids is 1. The number of hydrogen-bond acceptors (Lipinski definition) is 9. The molecule has 298 valence electrons. The van der Waals surface area contributed by atoms with Gasteiger partial charge in [0.25, 0.3) is 0 Å². The Bertz CT molecular complexity index is 974. The van der Waals surface area contributed by atoms with Gasteiger partial charge in [0.2, 0.25) is 0 Å². The van der Waals surface area contributed by atoms with E-state index in [2.05, 4.69) is 42.7 Å². The van der Waals surface area contributed by atoms with Gasteiger partial charge in [0, 0.05) is 12.8 Å². The molecule has 0 fully saturated rings. The highest BCUT2D eigenvalue weighted by atomic mass is 31.2. The molecule has 0 spiro atoms. The van der Waals surface area contributed by atoms with E-state index in [0.29, 0.717) is 12.8 Å². The maximum atomic E-state index is 12.6. The smallest absolute Gasteiger partial charge is 0.472 e. The second-order valence-electron chi connectivity index (χ2n) is 13.4. The lowest BCUT2D eigenvalue weighted by atomic mass is 10.0. The molecular weight excluding hydrogens is 673 g/mol. The molecule has 11 nitrogen and oxygen atoms in total. The Labute approximate surface area is 309 Å². The number of ether oxygens (including phenoxy) is 2. The van der Waals surface area contributed by atoms with Crippen molar-refractivity contribution in [1.29, 1.82) is 0 Å². The number of unbranched alkanes of at least 4 members (excludes halogenated alkanes) is 19. The van der Waals surface area contributed by atoms with E-state index in [1.165, 1.54) is 70.6 Å². The van der Waals surface area contributed by atoms with Crippen LogP contribution in [0.2, 0.25) is 0 Å². The number of carbonyl (C=O) groups is 3. The first-order chi connectivity index (χ1) is 24.6. The average molecular weight is 746 g/mol. The van der Waals surface area contributed by atoms with Gasteiger partial charge in [-0.15, -0.1) is 0 Å². The van der Waals surface area contributed by atoms with Crippen molar-refractivity contribution in [2.24, 2.45) is 5.73 Å². The van der Waals surface area contributed by atoms with E-state index in [0.717, 1.165) is 64.2 Å². The largest absolute Gasteiger partial charge is 0.480 e. The van der Waals surface area contributed by atoms with E-state index in [1.807, 2.05) is 0 Å². The monoisotopic (exact) mass is 745 g/mol. The lowest BCUT2D eigenvalue weighted by molar-refractivity contribution is -0.161. The topological polar surface area (TPSA) is 172 Å². The van der Waals surface area contributed by atoms with E-state index in [4.69, 9.17) is 24.8 Å². The van der Waals surface area contributed by atoms with E-state index < -0.39 is 51.1 Å². The van der Waals surface area contributed by atoms with Crippen molar-refractivity contribution >= 4 is 25.7 Å². The summed E-state index contributed by atoms with van der Waals surface area (Å²) < 4.78 is 32.6. The number of carboxylic acids is 1. The van der Waals surface area contributed by atoms with Gasteiger partial charge < -0.3 is 25.2 Å². The fourth-order valence-corrected chi connectivity index (χ4v) is 6.05. The summed E-state index contributed by atoms with van der Waals surface area (Å²) in [6.45, 7) is 2.75. The lowest BCUT2D eigenvalue weighted by Crippen LogP contribution is -2.34. The molecule has 51 heavy (non-hydrogen) atoms. The maximum Gasteiger partial charge on any atom is 0.472 e. The van der Waals surface area contributed by atoms with Crippen LogP contribution in [-0.2, 0) is 37.5 Å². The molecule has 3 atom stereocenters. The van der Waals surface area contributed by atoms with Gasteiger partial charge in [-0.05, 0) is 44.9 Å². The molecule has 0 aromatic heterocycles. The zero-order valence-corrected chi connectivity index (χ0v) is 32.8. The van der Waals surface area contributed by atoms with Crippen LogP contribution in [0.5, 0.6) is 0 Å². The first-order valence-electron chi connectivity index (χ1n) is 19.9. The number of phosphoric ester groups is 1. The lowest BCUT2D eigenvalue weighted by Gasteiger charge is -2.20. The summed E-state index contributed by atoms with van der Waals surface area (Å²) in [6.07, 6.45) is 33.8. The standard InChI is InChI=1S/C39H72NO10P/c1-3-5-7-9-11-13-15-17-18-19-21-23-25-27-29-31-38(42)50-35(33-48-51(45,46)49-34-36(40)39(43)44)32-47-37(41)30-28-26-24-22-20-16-14-12-10-8-6-4-2/h11,13,17-18,35-36H,3-10,12,14-16,19-34,40H2,1-2H3,(H,43,44)(H,45,46)/b13-11+,18-17+/t35-,36+/m1/s1. The van der Waals surface area contributed by atoms with Crippen LogP contribution < -0.4 is 5.73 Å². The second-order valence-corrected chi connectivity index (χ2v) is 14.9. The van der Waals surface area contributed by atoms with Crippen LogP contribution in [0.15, 0.2) is 24.3 Å². The number of rotatable bonds is 37. The molecule has 0 saturated carbocycles. The van der Waals surface area contributed by atoms with Gasteiger partial charge in [-0.1, -0.05) is 141 Å². The Morgan fingerprint density at radius 1 is 0.608 bits per heavy atom. The Balaban J connectivity index is 4.44. The highest BCUT2D eigenvalue weighted by Crippen LogP contribution is 2.43. The summed E-state index contributed by atoms with van der Waals surface area (Å²) in [7, 11) is -4.71. The molecule has 0 aromatic rings. The Kier molecular flexibility index (Phi) is 33.6. The number of hydrogen-bond donors (Lipinski definition) is 3. The van der Waals surface area contributed by atoms with Gasteiger partial charge in [0.1, 0.15) is 12.6 Å². The van der Waals surface area contributed by atoms with E-state index >= 15 is 0 Å². The van der Waals surface area contributed by atoms with E-state index in [1.54, 1.807) is 0 Å². The quantitative estimate of drug-likeness (QED) is 0.0239. The van der Waals surface area contributed by atoms with Crippen molar-refractivity contribution in [3.8, 4) is 0 Å². The molecule has 0 radical (unpaired) electrons. The molecule has 0 aromatic carbocycles. The van der Waals surface area contributed by atoms with E-state index in [9.17, 15) is 23.8 Å². The molecule has 0 saturated heterocycles. The highest BCUT2D eigenvalue weighted by Gasteiger charge is 2.28. The third kappa shape index (κ3) is 34.8. The third-order valence-electron chi connectivity index (χ3n) is 8.45. The van der Waals surface area contributed by atoms with Crippen LogP contribution in [0.1, 0.15) is 174 Å². The summed E-state index contributed by atoms with van der Waals surface area (Å²) >= 11 is 0. The Morgan fingerprint density at radius 2 is 1.04 bits per heavy atom. The molecule has 1 unspecified atom stereocenters. The highest BCUT2D eigenvalue weighted by molar-refractivity contribution is 7.47. The number of nitrogens with two attached hydrogens (primary N) is 1. The van der Waals surface area contributed by atoms with Crippen LogP contribution in [-0.4, -0.2) is 59.9 Å². The molecule has 0 bridgehead atoms. The first kappa shape index (κ1) is 49.0. The average Bonchev–Trinajstić information content (AvgIpc) is 3.10. The minimum Gasteiger partial charge on any atom is -0.480 e. The van der Waals surface area contributed by atoms with Gasteiger partial charge in [-0.2, -0.15) is 0 Å². The van der Waals surface area contributed by atoms with Gasteiger partial charge in [0.15, 0.2) is 6.10 Å². The summed E-state index contributed by atoms with van der Waals surface area (Å²) in [5.74, 6) is -2.39. The molecule has 4 N–H and O–H groups in total. The van der Waals surface area contributed by atoms with Crippen LogP contribution in [0.3, 0.4) is 0 Å². The summed E-state index contributed by atoms with van der Waals surface area (Å²) in [6, 6.07) is -1.52. The predicted molar refractivity (Wildman–Crippen MR) is 203 cm³/mol. The van der Waals surface area contributed by atoms with Crippen molar-refractivity contribution in [2.45, 2.75) is 187 Å². The fraction of sp³-hybridized carbons (Fsp3) is 0.821. The van der Waals surface area contributed by atoms with Crippen molar-refractivity contribution in [3.63, 3.8) is 0 Å². The molecule has 0 amide bonds. The van der Waals surface area contributed by atoms with Gasteiger partial charge in [-0.3, -0.25) is 23.4 Å². The first-order valence-corrected chi connectivity index (χ1v) is 21.4. The number of allylic oxidation sites excluding steroid dienone is 4. The fourth-order valence-electron chi connectivity index (χ4n) is 5.27. The predicted octanol–water partition coefficient (Wildman–Crippen LogP) is 9.89. The zero-order valence-electron chi connectivity index (χ0n) is 31.9. The molecule has 0 heterocycles. The van der Waals surface area contributed by atoms with E-state index in [-0.39, 0.29) is 19.4 Å². The molecular formula is C39H72NO10P. The SMILES string of the molecule is CCCCC/C=C/C/C=C/CCCCCCCC(=O)O[C@H](COC(=O)CCCCCCCCCCCCCC)COP(=O)(O)OC[C@H](N)C(=O)O. The van der Waals surface area contributed by atoms with Crippen LogP contribution in [0, 0.1) is 0 Å². The normalized spacial score (nSPS) is 14.1. The summed E-state index contributed by atoms with van der Waals surface area (Å²) in [4.78, 5) is 45.8. The second kappa shape index (κ2) is 35.0. The Hall–Kier alpha value is -2.04. The van der Waals surface area contributed by atoms with Gasteiger partial charge >= 0.3 is 25.7 Å². The van der Waals surface area contributed by atoms with Crippen LogP contribution in [0.4, 0.5) is 0 Å². The van der Waals surface area contributed by atoms with Crippen LogP contribution >= 0.6 is 7.82 Å². The number of carbonyl (C=O) groups excluding carboxylic acids is 2. The number of carboxylic acid groups (broad SMARTS) is 1. The molecule has 0 aliphatic rings. The Morgan fingerprint density at radius 3 is 1.57 bits per heavy atom. The van der Waals surface area contributed by atoms with Crippen molar-refractivity contribution in [2.75, 3.05) is 19.8 Å². The number of phosphoric acid groups is 1. The number of esters is 2. The molecule has 0 aliphatic heterocycles. The molecule has 12 heteroatoms. The molecule has 0 rings (SSSR count). The summed E-state index contributed by atoms with van der Waals surface area (Å²) in [5.41, 5.74) is 5.32. The zero-order chi connectivity index (χ0) is 37.8. The minimum atomic E-state index is -4.71. The molecule has 0 aliphatic carbocycles.